The Labute approximate surface area is 96.4 Å². The topological polar surface area (TPSA) is 40.9 Å². The molecular weight excluding hydrogens is 264 g/mol. The number of rotatable bonds is 1. The van der Waals surface area contributed by atoms with Crippen molar-refractivity contribution in [3.63, 3.8) is 0 Å². The van der Waals surface area contributed by atoms with Crippen LogP contribution in [0.15, 0.2) is 12.1 Å². The summed E-state index contributed by atoms with van der Waals surface area (Å²) in [5, 5.41) is 8.46. The maximum Gasteiger partial charge on any atom is 0.418 e. The van der Waals surface area contributed by atoms with Crippen LogP contribution in [-0.4, -0.2) is 6.29 Å². The number of hydrogen-bond acceptors (Lipinski definition) is 2. The van der Waals surface area contributed by atoms with Gasteiger partial charge in [0.25, 0.3) is 0 Å². The molecule has 0 aliphatic rings. The highest BCUT2D eigenvalue weighted by Gasteiger charge is 2.45. The predicted molar refractivity (Wildman–Crippen MR) is 46.5 cm³/mol. The number of alkyl halides is 6. The highest BCUT2D eigenvalue weighted by atomic mass is 19.4. The largest absolute Gasteiger partial charge is 0.418 e. The normalized spacial score (nSPS) is 12.1. The molecule has 0 N–H and O–H groups in total. The summed E-state index contributed by atoms with van der Waals surface area (Å²) < 4.78 is 75.0. The second-order valence-corrected chi connectivity index (χ2v) is 3.22. The highest BCUT2D eigenvalue weighted by Crippen LogP contribution is 2.42. The number of nitriles is 1. The molecule has 0 bridgehead atoms. The molecule has 0 fully saturated rings. The first-order chi connectivity index (χ1) is 8.11. The third-order valence-electron chi connectivity index (χ3n) is 2.01. The zero-order chi connectivity index (χ0) is 14.1. The van der Waals surface area contributed by atoms with Crippen LogP contribution >= 0.6 is 0 Å². The quantitative estimate of drug-likeness (QED) is 0.578. The highest BCUT2D eigenvalue weighted by molar-refractivity contribution is 5.77. The molecule has 0 radical (unpaired) electrons. The summed E-state index contributed by atoms with van der Waals surface area (Å²) in [5.41, 5.74) is -6.01. The maximum absolute atomic E-state index is 12.5. The Morgan fingerprint density at radius 1 is 1.06 bits per heavy atom. The van der Waals surface area contributed by atoms with Crippen molar-refractivity contribution in [1.29, 1.82) is 5.26 Å². The summed E-state index contributed by atoms with van der Waals surface area (Å²) >= 11 is 0. The molecule has 0 saturated heterocycles. The van der Waals surface area contributed by atoms with Crippen molar-refractivity contribution in [1.82, 2.24) is 0 Å². The van der Waals surface area contributed by atoms with Gasteiger partial charge in [-0.3, -0.25) is 4.79 Å². The van der Waals surface area contributed by atoms with Gasteiger partial charge >= 0.3 is 12.4 Å². The van der Waals surface area contributed by atoms with Gasteiger partial charge in [0.15, 0.2) is 0 Å². The fourth-order valence-electron chi connectivity index (χ4n) is 1.35. The van der Waals surface area contributed by atoms with Gasteiger partial charge in [-0.05, 0) is 12.1 Å². The zero-order valence-electron chi connectivity index (χ0n) is 8.36. The summed E-state index contributed by atoms with van der Waals surface area (Å²) in [5.74, 6) is 0. The molecule has 0 saturated carbocycles. The summed E-state index contributed by atoms with van der Waals surface area (Å²) in [4.78, 5) is 10.4. The van der Waals surface area contributed by atoms with Gasteiger partial charge in [0.05, 0.1) is 22.8 Å². The van der Waals surface area contributed by atoms with Crippen LogP contribution in [-0.2, 0) is 12.4 Å². The summed E-state index contributed by atoms with van der Waals surface area (Å²) in [6.07, 6.45) is -10.7. The molecule has 1 aromatic rings. The molecule has 18 heavy (non-hydrogen) atoms. The lowest BCUT2D eigenvalue weighted by Gasteiger charge is -2.17. The number of halogens is 6. The fourth-order valence-corrected chi connectivity index (χ4v) is 1.35. The minimum Gasteiger partial charge on any atom is -0.298 e. The van der Waals surface area contributed by atoms with E-state index < -0.39 is 34.6 Å². The number of benzene rings is 1. The molecule has 2 nitrogen and oxygen atoms in total. The van der Waals surface area contributed by atoms with E-state index in [0.29, 0.717) is 6.07 Å². The van der Waals surface area contributed by atoms with Gasteiger partial charge in [-0.2, -0.15) is 31.6 Å². The second-order valence-electron chi connectivity index (χ2n) is 3.22. The van der Waals surface area contributed by atoms with Crippen LogP contribution in [0.25, 0.3) is 0 Å². The lowest BCUT2D eigenvalue weighted by Crippen LogP contribution is -2.19. The van der Waals surface area contributed by atoms with Gasteiger partial charge in [-0.25, -0.2) is 0 Å². The molecule has 0 heterocycles. The van der Waals surface area contributed by atoms with E-state index in [-0.39, 0.29) is 12.4 Å². The molecule has 1 aromatic carbocycles. The van der Waals surface area contributed by atoms with Gasteiger partial charge in [0, 0.05) is 5.56 Å². The van der Waals surface area contributed by atoms with Crippen molar-refractivity contribution in [2.75, 3.05) is 0 Å². The fraction of sp³-hybridized carbons (Fsp3) is 0.200. The summed E-state index contributed by atoms with van der Waals surface area (Å²) in [6, 6.07) is 1.54. The van der Waals surface area contributed by atoms with Gasteiger partial charge in [-0.15, -0.1) is 0 Å². The van der Waals surface area contributed by atoms with Crippen LogP contribution in [0.3, 0.4) is 0 Å². The third-order valence-corrected chi connectivity index (χ3v) is 2.01. The van der Waals surface area contributed by atoms with Gasteiger partial charge in [-0.1, -0.05) is 0 Å². The minimum atomic E-state index is -5.34. The molecule has 96 valence electrons. The average molecular weight is 267 g/mol. The molecule has 0 aliphatic carbocycles. The molecule has 1 rings (SSSR count). The van der Waals surface area contributed by atoms with E-state index in [4.69, 9.17) is 5.26 Å². The van der Waals surface area contributed by atoms with Gasteiger partial charge in [0.1, 0.15) is 6.29 Å². The Morgan fingerprint density at radius 2 is 1.61 bits per heavy atom. The van der Waals surface area contributed by atoms with Crippen LogP contribution in [0.1, 0.15) is 27.0 Å². The number of nitrogens with zero attached hydrogens (tertiary/aromatic N) is 1. The van der Waals surface area contributed by atoms with Crippen LogP contribution in [0.4, 0.5) is 26.3 Å². The van der Waals surface area contributed by atoms with Crippen molar-refractivity contribution in [3.05, 3.63) is 34.4 Å². The lowest BCUT2D eigenvalue weighted by atomic mass is 9.97. The van der Waals surface area contributed by atoms with E-state index >= 15 is 0 Å². The Kier molecular flexibility index (Phi) is 3.37. The minimum absolute atomic E-state index is 0.0593. The van der Waals surface area contributed by atoms with Crippen LogP contribution in [0.5, 0.6) is 0 Å². The smallest absolute Gasteiger partial charge is 0.298 e. The Balaban J connectivity index is 3.76. The first-order valence-corrected chi connectivity index (χ1v) is 4.29. The van der Waals surface area contributed by atoms with Gasteiger partial charge < -0.3 is 0 Å². The molecule has 0 unspecified atom stereocenters. The Morgan fingerprint density at radius 3 is 1.94 bits per heavy atom. The number of carbonyl (C=O) groups is 1. The van der Waals surface area contributed by atoms with Gasteiger partial charge in [0.2, 0.25) is 0 Å². The van der Waals surface area contributed by atoms with Crippen LogP contribution in [0.2, 0.25) is 0 Å². The maximum atomic E-state index is 12.5. The predicted octanol–water partition coefficient (Wildman–Crippen LogP) is 3.41. The standard InChI is InChI=1S/C10H3F6NO/c11-9(12,13)7-2-5(4-18)1-6(3-17)8(7)10(14,15)16/h1-2,4H. The molecule has 0 amide bonds. The number of hydrogen-bond donors (Lipinski definition) is 0. The first-order valence-electron chi connectivity index (χ1n) is 4.29. The van der Waals surface area contributed by atoms with E-state index in [1.165, 1.54) is 0 Å². The number of carbonyl (C=O) groups excluding carboxylic acids is 1. The van der Waals surface area contributed by atoms with Crippen molar-refractivity contribution in [3.8, 4) is 6.07 Å². The van der Waals surface area contributed by atoms with E-state index in [1.54, 1.807) is 0 Å². The third kappa shape index (κ3) is 2.61. The summed E-state index contributed by atoms with van der Waals surface area (Å²) in [7, 11) is 0. The van der Waals surface area contributed by atoms with Crippen molar-refractivity contribution < 1.29 is 31.1 Å². The van der Waals surface area contributed by atoms with Crippen molar-refractivity contribution >= 4 is 6.29 Å². The zero-order valence-corrected chi connectivity index (χ0v) is 8.36. The Hall–Kier alpha value is -2.04. The van der Waals surface area contributed by atoms with Crippen molar-refractivity contribution in [2.45, 2.75) is 12.4 Å². The SMILES string of the molecule is N#Cc1cc(C=O)cc(C(F)(F)F)c1C(F)(F)F. The second kappa shape index (κ2) is 4.33. The molecule has 0 atom stereocenters. The van der Waals surface area contributed by atoms with E-state index in [9.17, 15) is 31.1 Å². The molecule has 0 aromatic heterocycles. The molecule has 8 heteroatoms. The molecular formula is C10H3F6NO. The van der Waals surface area contributed by atoms with E-state index in [2.05, 4.69) is 0 Å². The monoisotopic (exact) mass is 267 g/mol. The van der Waals surface area contributed by atoms with E-state index in [1.807, 2.05) is 0 Å². The van der Waals surface area contributed by atoms with Crippen LogP contribution < -0.4 is 0 Å². The Bertz CT molecular complexity index is 523. The lowest BCUT2D eigenvalue weighted by molar-refractivity contribution is -0.162. The summed E-state index contributed by atoms with van der Waals surface area (Å²) in [6.45, 7) is 0. The van der Waals surface area contributed by atoms with Crippen LogP contribution in [0, 0.1) is 11.3 Å². The first kappa shape index (κ1) is 14.0. The van der Waals surface area contributed by atoms with E-state index in [0.717, 1.165) is 6.07 Å². The number of aldehydes is 1. The molecule has 0 spiro atoms. The van der Waals surface area contributed by atoms with Crippen molar-refractivity contribution in [2.24, 2.45) is 0 Å². The molecule has 0 aliphatic heterocycles. The average Bonchev–Trinajstić information content (AvgIpc) is 2.24.